The third-order valence-corrected chi connectivity index (χ3v) is 10.8. The first-order valence-corrected chi connectivity index (χ1v) is 17.0. The van der Waals surface area contributed by atoms with Crippen LogP contribution in [0, 0.1) is 0 Å². The minimum absolute atomic E-state index is 0.151. The Morgan fingerprint density at radius 2 is 0.826 bits per heavy atom. The number of hydrogen-bond donors (Lipinski definition) is 0. The summed E-state index contributed by atoms with van der Waals surface area (Å²) >= 11 is 0. The van der Waals surface area contributed by atoms with Crippen LogP contribution in [0.1, 0.15) is 62.5 Å². The number of hydrogen-bond acceptors (Lipinski definition) is 8. The maximum Gasteiger partial charge on any atom is 0.244 e. The Balaban J connectivity index is 0.957. The number of likely N-dealkylation sites (tertiary alicyclic amines) is 2. The summed E-state index contributed by atoms with van der Waals surface area (Å²) < 4.78 is 0. The van der Waals surface area contributed by atoms with Crippen LogP contribution in [-0.2, 0) is 19.2 Å². The van der Waals surface area contributed by atoms with Gasteiger partial charge in [0.15, 0.2) is 0 Å². The predicted molar refractivity (Wildman–Crippen MR) is 175 cm³/mol. The zero-order chi connectivity index (χ0) is 32.2. The minimum atomic E-state index is -0.187. The number of benzene rings is 2. The lowest BCUT2D eigenvalue weighted by Gasteiger charge is -2.44. The van der Waals surface area contributed by atoms with E-state index >= 15 is 0 Å². The average Bonchev–Trinajstić information content (AvgIpc) is 3.08. The van der Waals surface area contributed by atoms with Gasteiger partial charge in [-0.25, -0.2) is 0 Å². The topological polar surface area (TPSA) is 87.7 Å². The molecular formula is C36H48N6O4. The molecule has 2 atom stereocenters. The normalized spacial score (nSPS) is 23.7. The first-order chi connectivity index (χ1) is 22.3. The zero-order valence-corrected chi connectivity index (χ0v) is 27.3. The molecule has 0 aromatic heterocycles. The van der Waals surface area contributed by atoms with E-state index in [0.717, 1.165) is 51.9 Å². The quantitative estimate of drug-likeness (QED) is 0.392. The van der Waals surface area contributed by atoms with Gasteiger partial charge in [0.2, 0.25) is 23.6 Å². The van der Waals surface area contributed by atoms with Crippen LogP contribution in [0.15, 0.2) is 60.7 Å². The number of carbonyl (C=O) groups excluding carboxylic acids is 4. The van der Waals surface area contributed by atoms with Crippen LogP contribution >= 0.6 is 0 Å². The van der Waals surface area contributed by atoms with Crippen LogP contribution < -0.4 is 0 Å². The van der Waals surface area contributed by atoms with Crippen molar-refractivity contribution in [1.82, 2.24) is 29.4 Å². The van der Waals surface area contributed by atoms with Crippen molar-refractivity contribution in [3.8, 4) is 0 Å². The van der Waals surface area contributed by atoms with Crippen LogP contribution in [0.5, 0.6) is 0 Å². The van der Waals surface area contributed by atoms with Gasteiger partial charge in [-0.05, 0) is 62.5 Å². The van der Waals surface area contributed by atoms with Crippen molar-refractivity contribution in [2.24, 2.45) is 0 Å². The molecule has 0 aliphatic carbocycles. The standard InChI is InChI=1S/C36H48N6O4/c1-27(39-21-33(43)41(34(44)22-39)25-37-17-13-31(14-18-37)29-9-5-3-6-10-29)28(2)40-23-35(45)42(36(46)24-40)26-38-19-15-32(16-20-38)30-11-7-4-8-12-30/h3-12,27-28,31-32H,13-26H2,1-2H3. The molecule has 4 saturated heterocycles. The van der Waals surface area contributed by atoms with Gasteiger partial charge in [0.1, 0.15) is 0 Å². The lowest BCUT2D eigenvalue weighted by atomic mass is 9.90. The van der Waals surface area contributed by atoms with Gasteiger partial charge in [-0.15, -0.1) is 0 Å². The summed E-state index contributed by atoms with van der Waals surface area (Å²) in [6, 6.07) is 20.7. The molecule has 2 unspecified atom stereocenters. The summed E-state index contributed by atoms with van der Waals surface area (Å²) in [5.41, 5.74) is 2.71. The van der Waals surface area contributed by atoms with E-state index in [1.54, 1.807) is 0 Å². The van der Waals surface area contributed by atoms with Gasteiger partial charge in [0.25, 0.3) is 0 Å². The highest BCUT2D eigenvalue weighted by Gasteiger charge is 2.40. The highest BCUT2D eigenvalue weighted by atomic mass is 16.2. The Hall–Kier alpha value is -3.44. The Labute approximate surface area is 272 Å². The van der Waals surface area contributed by atoms with Crippen molar-refractivity contribution in [2.75, 3.05) is 65.7 Å². The highest BCUT2D eigenvalue weighted by molar-refractivity contribution is 6.00. The monoisotopic (exact) mass is 628 g/mol. The molecule has 0 spiro atoms. The van der Waals surface area contributed by atoms with Crippen molar-refractivity contribution >= 4 is 23.6 Å². The molecule has 246 valence electrons. The molecule has 0 bridgehead atoms. The average molecular weight is 629 g/mol. The first-order valence-electron chi connectivity index (χ1n) is 17.0. The highest BCUT2D eigenvalue weighted by Crippen LogP contribution is 2.29. The Morgan fingerprint density at radius 3 is 1.13 bits per heavy atom. The molecule has 10 nitrogen and oxygen atoms in total. The van der Waals surface area contributed by atoms with Gasteiger partial charge >= 0.3 is 0 Å². The fourth-order valence-corrected chi connectivity index (χ4v) is 7.59. The number of nitrogens with zero attached hydrogens (tertiary/aromatic N) is 6. The van der Waals surface area contributed by atoms with Gasteiger partial charge in [-0.2, -0.15) is 0 Å². The molecule has 2 aromatic rings. The van der Waals surface area contributed by atoms with Crippen LogP contribution in [0.25, 0.3) is 0 Å². The maximum atomic E-state index is 13.2. The Kier molecular flexibility index (Phi) is 10.3. The minimum Gasteiger partial charge on any atom is -0.286 e. The number of rotatable bonds is 9. The molecule has 4 amide bonds. The third-order valence-electron chi connectivity index (χ3n) is 10.8. The lowest BCUT2D eigenvalue weighted by Crippen LogP contribution is -2.64. The van der Waals surface area contributed by atoms with Crippen LogP contribution in [0.2, 0.25) is 0 Å². The Bertz CT molecular complexity index is 1230. The molecule has 10 heteroatoms. The summed E-state index contributed by atoms with van der Waals surface area (Å²) in [4.78, 5) is 63.9. The van der Waals surface area contributed by atoms with Crippen molar-refractivity contribution < 1.29 is 19.2 Å². The summed E-state index contributed by atoms with van der Waals surface area (Å²) in [6.07, 6.45) is 4.05. The van der Waals surface area contributed by atoms with E-state index in [2.05, 4.69) is 58.3 Å². The number of amides is 4. The summed E-state index contributed by atoms with van der Waals surface area (Å²) in [5.74, 6) is 0.284. The maximum absolute atomic E-state index is 13.2. The number of imide groups is 2. The number of carbonyl (C=O) groups is 4. The summed E-state index contributed by atoms with van der Waals surface area (Å²) in [6.45, 7) is 8.66. The van der Waals surface area contributed by atoms with Crippen LogP contribution in [0.3, 0.4) is 0 Å². The molecule has 4 aliphatic heterocycles. The van der Waals surface area contributed by atoms with Gasteiger partial charge < -0.3 is 0 Å². The molecular weight excluding hydrogens is 580 g/mol. The van der Waals surface area contributed by atoms with E-state index in [4.69, 9.17) is 0 Å². The largest absolute Gasteiger partial charge is 0.286 e. The molecule has 0 saturated carbocycles. The van der Waals surface area contributed by atoms with E-state index in [-0.39, 0.29) is 61.9 Å². The smallest absolute Gasteiger partial charge is 0.244 e. The van der Waals surface area contributed by atoms with Gasteiger partial charge in [-0.1, -0.05) is 60.7 Å². The fraction of sp³-hybridized carbons (Fsp3) is 0.556. The fourth-order valence-electron chi connectivity index (χ4n) is 7.59. The molecule has 46 heavy (non-hydrogen) atoms. The zero-order valence-electron chi connectivity index (χ0n) is 27.3. The van der Waals surface area contributed by atoms with E-state index in [9.17, 15) is 19.2 Å². The first kappa shape index (κ1) is 32.5. The van der Waals surface area contributed by atoms with Crippen molar-refractivity contribution in [1.29, 1.82) is 0 Å². The van der Waals surface area contributed by atoms with Gasteiger partial charge in [-0.3, -0.25) is 48.6 Å². The molecule has 6 rings (SSSR count). The number of piperidine rings is 2. The van der Waals surface area contributed by atoms with Gasteiger partial charge in [0, 0.05) is 38.3 Å². The Morgan fingerprint density at radius 1 is 0.522 bits per heavy atom. The SMILES string of the molecule is CC(C(C)N1CC(=O)N(CN2CCC(c3ccccc3)CC2)C(=O)C1)N1CC(=O)N(CN2CCC(c3ccccc3)CC2)C(=O)C1. The van der Waals surface area contributed by atoms with Crippen molar-refractivity contribution in [3.05, 3.63) is 71.8 Å². The number of piperazine rings is 2. The molecule has 4 aliphatic rings. The van der Waals surface area contributed by atoms with Crippen molar-refractivity contribution in [3.63, 3.8) is 0 Å². The van der Waals surface area contributed by atoms with Crippen LogP contribution in [0.4, 0.5) is 0 Å². The van der Waals surface area contributed by atoms with E-state index in [1.807, 2.05) is 35.8 Å². The van der Waals surface area contributed by atoms with Crippen molar-refractivity contribution in [2.45, 2.75) is 63.5 Å². The third kappa shape index (κ3) is 7.41. The second kappa shape index (κ2) is 14.5. The summed E-state index contributed by atoms with van der Waals surface area (Å²) in [7, 11) is 0. The van der Waals surface area contributed by atoms with E-state index < -0.39 is 0 Å². The second-order valence-electron chi connectivity index (χ2n) is 13.6. The molecule has 2 aromatic carbocycles. The summed E-state index contributed by atoms with van der Waals surface area (Å²) in [5, 5.41) is 0. The van der Waals surface area contributed by atoms with Gasteiger partial charge in [0.05, 0.1) is 39.5 Å². The molecule has 0 N–H and O–H groups in total. The predicted octanol–water partition coefficient (Wildman–Crippen LogP) is 2.78. The van der Waals surface area contributed by atoms with E-state index in [1.165, 1.54) is 20.9 Å². The van der Waals surface area contributed by atoms with E-state index in [0.29, 0.717) is 25.2 Å². The molecule has 0 radical (unpaired) electrons. The van der Waals surface area contributed by atoms with Crippen LogP contribution in [-0.4, -0.2) is 131 Å². The molecule has 4 fully saturated rings. The second-order valence-corrected chi connectivity index (χ2v) is 13.6. The molecule has 4 heterocycles. The lowest BCUT2D eigenvalue weighted by molar-refractivity contribution is -0.160.